The van der Waals surface area contributed by atoms with Crippen molar-refractivity contribution in [2.24, 2.45) is 4.99 Å². The summed E-state index contributed by atoms with van der Waals surface area (Å²) in [6.45, 7) is 3.87. The second-order valence-electron chi connectivity index (χ2n) is 6.57. The minimum atomic E-state index is -0.127. The summed E-state index contributed by atoms with van der Waals surface area (Å²) >= 11 is 15.5. The fraction of sp³-hybridized carbons (Fsp3) is 0.0909. The molecule has 3 aromatic rings. The van der Waals surface area contributed by atoms with Crippen molar-refractivity contribution in [1.82, 2.24) is 0 Å². The monoisotopic (exact) mass is 458 g/mol. The van der Waals surface area contributed by atoms with Crippen molar-refractivity contribution in [2.45, 2.75) is 13.8 Å². The van der Waals surface area contributed by atoms with E-state index in [9.17, 15) is 4.79 Å². The number of halogens is 2. The number of aryl methyl sites for hydroxylation is 2. The van der Waals surface area contributed by atoms with Crippen molar-refractivity contribution < 1.29 is 4.79 Å². The van der Waals surface area contributed by atoms with Gasteiger partial charge in [-0.1, -0.05) is 35.3 Å². The van der Waals surface area contributed by atoms with E-state index in [2.05, 4.69) is 0 Å². The van der Waals surface area contributed by atoms with Crippen LogP contribution < -0.4 is 4.90 Å². The molecule has 0 spiro atoms. The molecule has 0 aliphatic carbocycles. The molecule has 0 radical (unpaired) electrons. The second kappa shape index (κ2) is 8.36. The van der Waals surface area contributed by atoms with Crippen molar-refractivity contribution in [3.05, 3.63) is 84.9 Å². The number of anilines is 1. The Hall–Kier alpha value is -2.05. The molecule has 2 heterocycles. The molecular formula is C22H16Cl2N2OS2. The summed E-state index contributed by atoms with van der Waals surface area (Å²) < 4.78 is 0. The lowest BCUT2D eigenvalue weighted by Crippen LogP contribution is -2.28. The molecule has 1 saturated heterocycles. The predicted molar refractivity (Wildman–Crippen MR) is 127 cm³/mol. The molecule has 1 aromatic heterocycles. The first kappa shape index (κ1) is 20.2. The third-order valence-electron chi connectivity index (χ3n) is 4.44. The van der Waals surface area contributed by atoms with Gasteiger partial charge in [0.15, 0.2) is 5.17 Å². The van der Waals surface area contributed by atoms with Crippen molar-refractivity contribution in [1.29, 1.82) is 0 Å². The van der Waals surface area contributed by atoms with Gasteiger partial charge in [-0.15, -0.1) is 0 Å². The van der Waals surface area contributed by atoms with Gasteiger partial charge in [-0.2, -0.15) is 11.3 Å². The molecule has 4 rings (SSSR count). The maximum absolute atomic E-state index is 13.2. The number of aliphatic imine (C=N–C) groups is 1. The molecule has 0 unspecified atom stereocenters. The van der Waals surface area contributed by atoms with Crippen LogP contribution in [0.3, 0.4) is 0 Å². The molecule has 0 saturated carbocycles. The third kappa shape index (κ3) is 4.28. The largest absolute Gasteiger partial charge is 0.271 e. The van der Waals surface area contributed by atoms with Crippen molar-refractivity contribution in [3.63, 3.8) is 0 Å². The molecule has 2 aromatic carbocycles. The van der Waals surface area contributed by atoms with Crippen molar-refractivity contribution in [2.75, 3.05) is 4.90 Å². The summed E-state index contributed by atoms with van der Waals surface area (Å²) in [5.41, 5.74) is 4.30. The average molecular weight is 459 g/mol. The summed E-state index contributed by atoms with van der Waals surface area (Å²) in [4.78, 5) is 20.2. The van der Waals surface area contributed by atoms with Gasteiger partial charge in [-0.25, -0.2) is 4.99 Å². The summed E-state index contributed by atoms with van der Waals surface area (Å²) in [5.74, 6) is -0.127. The number of hydrogen-bond donors (Lipinski definition) is 0. The number of amides is 1. The number of thioether (sulfide) groups is 1. The Morgan fingerprint density at radius 2 is 1.72 bits per heavy atom. The Bertz CT molecular complexity index is 1150. The highest BCUT2D eigenvalue weighted by Gasteiger charge is 2.35. The van der Waals surface area contributed by atoms with E-state index >= 15 is 0 Å². The number of benzene rings is 2. The molecule has 1 amide bonds. The Balaban J connectivity index is 1.80. The van der Waals surface area contributed by atoms with Crippen LogP contribution in [0.2, 0.25) is 10.0 Å². The lowest BCUT2D eigenvalue weighted by Gasteiger charge is -2.16. The molecule has 29 heavy (non-hydrogen) atoms. The zero-order valence-corrected chi connectivity index (χ0v) is 18.8. The van der Waals surface area contributed by atoms with Gasteiger partial charge in [0.25, 0.3) is 5.91 Å². The number of nitrogens with zero attached hydrogens (tertiary/aromatic N) is 2. The van der Waals surface area contributed by atoms with Crippen LogP contribution in [0.4, 0.5) is 11.4 Å². The van der Waals surface area contributed by atoms with Gasteiger partial charge < -0.3 is 0 Å². The molecule has 0 bridgehead atoms. The lowest BCUT2D eigenvalue weighted by atomic mass is 10.2. The van der Waals surface area contributed by atoms with Gasteiger partial charge in [-0.3, -0.25) is 9.69 Å². The minimum absolute atomic E-state index is 0.127. The molecule has 1 fully saturated rings. The average Bonchev–Trinajstić information content (AvgIpc) is 3.30. The number of hydrogen-bond acceptors (Lipinski definition) is 4. The van der Waals surface area contributed by atoms with Gasteiger partial charge in [0.05, 0.1) is 16.3 Å². The maximum atomic E-state index is 13.2. The highest BCUT2D eigenvalue weighted by Crippen LogP contribution is 2.39. The molecule has 1 aliphatic rings. The molecule has 0 atom stereocenters. The van der Waals surface area contributed by atoms with E-state index in [0.29, 0.717) is 31.5 Å². The highest BCUT2D eigenvalue weighted by molar-refractivity contribution is 8.19. The van der Waals surface area contributed by atoms with Gasteiger partial charge in [0.2, 0.25) is 0 Å². The van der Waals surface area contributed by atoms with E-state index < -0.39 is 0 Å². The Morgan fingerprint density at radius 1 is 1.00 bits per heavy atom. The molecule has 0 N–H and O–H groups in total. The fourth-order valence-electron chi connectivity index (χ4n) is 2.77. The number of carbonyl (C=O) groups is 1. The Labute approximate surface area is 187 Å². The SMILES string of the molecule is Cc1ccc(N=C2SC(=Cc3ccsc3)C(=O)N2c2ccc(C)c(Cl)c2)cc1Cl. The van der Waals surface area contributed by atoms with Crippen molar-refractivity contribution >= 4 is 74.8 Å². The molecule has 7 heteroatoms. The first-order valence-electron chi connectivity index (χ1n) is 8.79. The van der Waals surface area contributed by atoms with Crippen LogP contribution in [0, 0.1) is 13.8 Å². The fourth-order valence-corrected chi connectivity index (χ4v) is 4.74. The van der Waals surface area contributed by atoms with E-state index in [-0.39, 0.29) is 5.91 Å². The van der Waals surface area contributed by atoms with Crippen LogP contribution in [-0.4, -0.2) is 11.1 Å². The molecule has 146 valence electrons. The molecular weight excluding hydrogens is 443 g/mol. The first-order valence-corrected chi connectivity index (χ1v) is 11.3. The van der Waals surface area contributed by atoms with E-state index in [1.165, 1.54) is 11.8 Å². The third-order valence-corrected chi connectivity index (χ3v) is 6.93. The van der Waals surface area contributed by atoms with Crippen molar-refractivity contribution in [3.8, 4) is 0 Å². The van der Waals surface area contributed by atoms with E-state index in [4.69, 9.17) is 28.2 Å². The van der Waals surface area contributed by atoms with Gasteiger partial charge >= 0.3 is 0 Å². The van der Waals surface area contributed by atoms with E-state index in [1.54, 1.807) is 28.4 Å². The van der Waals surface area contributed by atoms with Crippen LogP contribution in [0.5, 0.6) is 0 Å². The maximum Gasteiger partial charge on any atom is 0.271 e. The zero-order valence-electron chi connectivity index (χ0n) is 15.6. The smallest absolute Gasteiger partial charge is 0.268 e. The van der Waals surface area contributed by atoms with Crippen LogP contribution in [-0.2, 0) is 4.79 Å². The summed E-state index contributed by atoms with van der Waals surface area (Å²) in [6.07, 6.45) is 1.89. The summed E-state index contributed by atoms with van der Waals surface area (Å²) in [5, 5.41) is 5.80. The summed E-state index contributed by atoms with van der Waals surface area (Å²) in [7, 11) is 0. The van der Waals surface area contributed by atoms with Crippen LogP contribution in [0.15, 0.2) is 63.1 Å². The predicted octanol–water partition coefficient (Wildman–Crippen LogP) is 7.48. The minimum Gasteiger partial charge on any atom is -0.268 e. The Kier molecular flexibility index (Phi) is 5.83. The second-order valence-corrected chi connectivity index (χ2v) is 9.17. The van der Waals surface area contributed by atoms with Gasteiger partial charge in [0, 0.05) is 10.0 Å². The topological polar surface area (TPSA) is 32.7 Å². The van der Waals surface area contributed by atoms with Crippen LogP contribution in [0.25, 0.3) is 6.08 Å². The number of carbonyl (C=O) groups excluding carboxylic acids is 1. The number of rotatable bonds is 3. The van der Waals surface area contributed by atoms with Gasteiger partial charge in [0.1, 0.15) is 0 Å². The quantitative estimate of drug-likeness (QED) is 0.381. The summed E-state index contributed by atoms with van der Waals surface area (Å²) in [6, 6.07) is 13.2. The number of amidine groups is 1. The molecule has 1 aliphatic heterocycles. The first-order chi connectivity index (χ1) is 13.9. The highest BCUT2D eigenvalue weighted by atomic mass is 35.5. The van der Waals surface area contributed by atoms with E-state index in [0.717, 1.165) is 16.7 Å². The number of thiophene rings is 1. The Morgan fingerprint density at radius 3 is 2.38 bits per heavy atom. The standard InChI is InChI=1S/C22H16Cl2N2OS2/c1-13-3-5-16(10-18(13)23)25-22-26(17-6-4-14(2)19(24)11-17)21(27)20(29-22)9-15-7-8-28-12-15/h3-12H,1-2H3. The lowest BCUT2D eigenvalue weighted by molar-refractivity contribution is -0.113. The van der Waals surface area contributed by atoms with Crippen LogP contribution in [0.1, 0.15) is 16.7 Å². The van der Waals surface area contributed by atoms with Crippen LogP contribution >= 0.6 is 46.3 Å². The van der Waals surface area contributed by atoms with E-state index in [1.807, 2.05) is 61.0 Å². The van der Waals surface area contributed by atoms with Gasteiger partial charge in [-0.05, 0) is 89.5 Å². The normalized spacial score (nSPS) is 17.0. The molecule has 3 nitrogen and oxygen atoms in total. The zero-order chi connectivity index (χ0) is 20.5.